The van der Waals surface area contributed by atoms with Crippen molar-refractivity contribution in [1.29, 1.82) is 0 Å². The molecule has 1 aliphatic rings. The van der Waals surface area contributed by atoms with Crippen LogP contribution in [0.3, 0.4) is 0 Å². The van der Waals surface area contributed by atoms with Gasteiger partial charge in [0.1, 0.15) is 4.90 Å². The summed E-state index contributed by atoms with van der Waals surface area (Å²) in [4.78, 5) is 0.175. The standard InChI is InChI=1S/C12H16BrClN2O2S/c1-15-10-3-2-6-16(8-10)19(17,18)12-5-4-9(13)7-11(12)14/h4-5,7,10,15H,2-3,6,8H2,1H3. The number of sulfonamides is 1. The lowest BCUT2D eigenvalue weighted by molar-refractivity contribution is 0.293. The van der Waals surface area contributed by atoms with Crippen molar-refractivity contribution >= 4 is 37.6 Å². The van der Waals surface area contributed by atoms with Crippen LogP contribution in [0.25, 0.3) is 0 Å². The Kier molecular flexibility index (Phi) is 4.89. The van der Waals surface area contributed by atoms with Gasteiger partial charge in [-0.3, -0.25) is 0 Å². The molecule has 1 aliphatic heterocycles. The molecule has 1 fully saturated rings. The lowest BCUT2D eigenvalue weighted by Crippen LogP contribution is -2.46. The largest absolute Gasteiger partial charge is 0.316 e. The van der Waals surface area contributed by atoms with Crippen LogP contribution in [0, 0.1) is 0 Å². The van der Waals surface area contributed by atoms with Crippen LogP contribution in [0.1, 0.15) is 12.8 Å². The molecule has 2 rings (SSSR count). The first-order chi connectivity index (χ1) is 8.95. The Labute approximate surface area is 127 Å². The smallest absolute Gasteiger partial charge is 0.244 e. The van der Waals surface area contributed by atoms with Gasteiger partial charge in [0.15, 0.2) is 0 Å². The minimum Gasteiger partial charge on any atom is -0.316 e. The van der Waals surface area contributed by atoms with Gasteiger partial charge in [0, 0.05) is 23.6 Å². The molecule has 1 aromatic rings. The first kappa shape index (κ1) is 15.3. The van der Waals surface area contributed by atoms with Crippen LogP contribution in [0.15, 0.2) is 27.6 Å². The van der Waals surface area contributed by atoms with E-state index in [4.69, 9.17) is 11.6 Å². The third-order valence-corrected chi connectivity index (χ3v) is 6.15. The Hall–Kier alpha value is -0.140. The quantitative estimate of drug-likeness (QED) is 0.893. The van der Waals surface area contributed by atoms with Crippen molar-refractivity contribution in [2.75, 3.05) is 20.1 Å². The second-order valence-corrected chi connectivity index (χ2v) is 7.79. The summed E-state index contributed by atoms with van der Waals surface area (Å²) in [5, 5.41) is 3.39. The zero-order valence-electron chi connectivity index (χ0n) is 10.6. The Morgan fingerprint density at radius 2 is 2.21 bits per heavy atom. The summed E-state index contributed by atoms with van der Waals surface area (Å²) in [5.74, 6) is 0. The Morgan fingerprint density at radius 3 is 2.84 bits per heavy atom. The van der Waals surface area contributed by atoms with Gasteiger partial charge in [0.05, 0.1) is 5.02 Å². The van der Waals surface area contributed by atoms with Crippen LogP contribution < -0.4 is 5.32 Å². The molecule has 1 atom stereocenters. The van der Waals surface area contributed by atoms with Gasteiger partial charge in [-0.25, -0.2) is 8.42 Å². The van der Waals surface area contributed by atoms with Gasteiger partial charge in [-0.05, 0) is 38.1 Å². The van der Waals surface area contributed by atoms with Crippen molar-refractivity contribution < 1.29 is 8.42 Å². The van der Waals surface area contributed by atoms with Crippen molar-refractivity contribution in [1.82, 2.24) is 9.62 Å². The van der Waals surface area contributed by atoms with Crippen LogP contribution in [-0.2, 0) is 10.0 Å². The molecule has 1 N–H and O–H groups in total. The van der Waals surface area contributed by atoms with Crippen LogP contribution >= 0.6 is 27.5 Å². The number of nitrogens with one attached hydrogen (secondary N) is 1. The zero-order valence-corrected chi connectivity index (χ0v) is 13.7. The topological polar surface area (TPSA) is 49.4 Å². The van der Waals surface area contributed by atoms with Gasteiger partial charge >= 0.3 is 0 Å². The van der Waals surface area contributed by atoms with E-state index < -0.39 is 10.0 Å². The third-order valence-electron chi connectivity index (χ3n) is 3.30. The molecule has 1 unspecified atom stereocenters. The highest BCUT2D eigenvalue weighted by molar-refractivity contribution is 9.10. The monoisotopic (exact) mass is 366 g/mol. The van der Waals surface area contributed by atoms with Crippen LogP contribution in [-0.4, -0.2) is 38.9 Å². The zero-order chi connectivity index (χ0) is 14.0. The molecule has 0 amide bonds. The molecule has 0 aromatic heterocycles. The summed E-state index contributed by atoms with van der Waals surface area (Å²) in [6, 6.07) is 5.05. The number of halogens is 2. The highest BCUT2D eigenvalue weighted by Gasteiger charge is 2.31. The first-order valence-corrected chi connectivity index (χ1v) is 8.68. The summed E-state index contributed by atoms with van der Waals surface area (Å²) in [6.45, 7) is 1.04. The van der Waals surface area contributed by atoms with E-state index in [-0.39, 0.29) is 16.0 Å². The van der Waals surface area contributed by atoms with E-state index in [0.29, 0.717) is 13.1 Å². The van der Waals surface area contributed by atoms with Crippen molar-refractivity contribution in [3.05, 3.63) is 27.7 Å². The van der Waals surface area contributed by atoms with Crippen molar-refractivity contribution in [2.24, 2.45) is 0 Å². The van der Waals surface area contributed by atoms with Gasteiger partial charge < -0.3 is 5.32 Å². The van der Waals surface area contributed by atoms with Crippen molar-refractivity contribution in [3.8, 4) is 0 Å². The Morgan fingerprint density at radius 1 is 1.47 bits per heavy atom. The number of nitrogens with zero attached hydrogens (tertiary/aromatic N) is 1. The predicted octanol–water partition coefficient (Wildman–Crippen LogP) is 2.48. The van der Waals surface area contributed by atoms with E-state index in [1.807, 2.05) is 7.05 Å². The normalized spacial score (nSPS) is 21.5. The molecular formula is C12H16BrClN2O2S. The van der Waals surface area contributed by atoms with Crippen LogP contribution in [0.2, 0.25) is 5.02 Å². The number of likely N-dealkylation sites (N-methyl/N-ethyl adjacent to an activating group) is 1. The summed E-state index contributed by atoms with van der Waals surface area (Å²) >= 11 is 9.33. The van der Waals surface area contributed by atoms with Crippen molar-refractivity contribution in [2.45, 2.75) is 23.8 Å². The van der Waals surface area contributed by atoms with Gasteiger partial charge in [-0.1, -0.05) is 27.5 Å². The van der Waals surface area contributed by atoms with E-state index in [0.717, 1.165) is 17.3 Å². The molecule has 0 bridgehead atoms. The van der Waals surface area contributed by atoms with Gasteiger partial charge in [-0.2, -0.15) is 4.31 Å². The summed E-state index contributed by atoms with van der Waals surface area (Å²) in [6.07, 6.45) is 1.86. The number of hydrogen-bond donors (Lipinski definition) is 1. The molecule has 1 heterocycles. The maximum atomic E-state index is 12.6. The molecular weight excluding hydrogens is 352 g/mol. The fourth-order valence-corrected chi connectivity index (χ4v) is 4.75. The summed E-state index contributed by atoms with van der Waals surface area (Å²) in [5.41, 5.74) is 0. The average Bonchev–Trinajstić information content (AvgIpc) is 2.38. The fourth-order valence-electron chi connectivity index (χ4n) is 2.22. The molecule has 4 nitrogen and oxygen atoms in total. The van der Waals surface area contributed by atoms with Crippen molar-refractivity contribution in [3.63, 3.8) is 0 Å². The second kappa shape index (κ2) is 6.10. The Balaban J connectivity index is 2.31. The lowest BCUT2D eigenvalue weighted by atomic mass is 10.1. The summed E-state index contributed by atoms with van der Waals surface area (Å²) < 4.78 is 27.4. The minimum atomic E-state index is -3.51. The molecule has 0 spiro atoms. The molecule has 0 saturated carbocycles. The highest BCUT2D eigenvalue weighted by Crippen LogP contribution is 2.29. The molecule has 1 saturated heterocycles. The molecule has 0 radical (unpaired) electrons. The third kappa shape index (κ3) is 3.31. The van der Waals surface area contributed by atoms with E-state index in [1.54, 1.807) is 18.2 Å². The number of hydrogen-bond acceptors (Lipinski definition) is 3. The number of benzene rings is 1. The number of rotatable bonds is 3. The minimum absolute atomic E-state index is 0.175. The van der Waals surface area contributed by atoms with Crippen LogP contribution in [0.4, 0.5) is 0 Å². The Bertz CT molecular complexity index is 565. The molecule has 0 aliphatic carbocycles. The van der Waals surface area contributed by atoms with Gasteiger partial charge in [0.2, 0.25) is 10.0 Å². The van der Waals surface area contributed by atoms with E-state index in [9.17, 15) is 8.42 Å². The maximum Gasteiger partial charge on any atom is 0.244 e. The van der Waals surface area contributed by atoms with Gasteiger partial charge in [0.25, 0.3) is 0 Å². The molecule has 19 heavy (non-hydrogen) atoms. The maximum absolute atomic E-state index is 12.6. The highest BCUT2D eigenvalue weighted by atomic mass is 79.9. The molecule has 1 aromatic carbocycles. The molecule has 106 valence electrons. The summed E-state index contributed by atoms with van der Waals surface area (Å²) in [7, 11) is -1.66. The van der Waals surface area contributed by atoms with Crippen LogP contribution in [0.5, 0.6) is 0 Å². The predicted molar refractivity (Wildman–Crippen MR) is 80.0 cm³/mol. The van der Waals surface area contributed by atoms with E-state index >= 15 is 0 Å². The average molecular weight is 368 g/mol. The SMILES string of the molecule is CNC1CCCN(S(=O)(=O)c2ccc(Br)cc2Cl)C1. The van der Waals surface area contributed by atoms with Gasteiger partial charge in [-0.15, -0.1) is 0 Å². The van der Waals surface area contributed by atoms with E-state index in [1.165, 1.54) is 4.31 Å². The number of piperidine rings is 1. The van der Waals surface area contributed by atoms with E-state index in [2.05, 4.69) is 21.2 Å². The second-order valence-electron chi connectivity index (χ2n) is 4.57. The first-order valence-electron chi connectivity index (χ1n) is 6.07. The molecule has 7 heteroatoms. The lowest BCUT2D eigenvalue weighted by Gasteiger charge is -2.31. The fraction of sp³-hybridized carbons (Fsp3) is 0.500.